The highest BCUT2D eigenvalue weighted by Crippen LogP contribution is 2.30. The minimum absolute atomic E-state index is 0.0579. The van der Waals surface area contributed by atoms with E-state index in [1.807, 2.05) is 6.92 Å². The standard InChI is InChI=1S/C11H21NO2/c1-7-5-6-10(9(3)14-7)8(2)11(13)12-4/h7-10H,5-6H2,1-4H3,(H,12,13)/t7-,8?,9?,10-/m0/s1. The molecule has 0 spiro atoms. The lowest BCUT2D eigenvalue weighted by molar-refractivity contribution is -0.132. The van der Waals surface area contributed by atoms with Gasteiger partial charge in [-0.15, -0.1) is 0 Å². The van der Waals surface area contributed by atoms with Crippen molar-refractivity contribution in [3.8, 4) is 0 Å². The molecule has 1 rings (SSSR count). The lowest BCUT2D eigenvalue weighted by atomic mass is 9.82. The molecule has 3 heteroatoms. The zero-order valence-corrected chi connectivity index (χ0v) is 9.54. The smallest absolute Gasteiger partial charge is 0.222 e. The molecule has 0 saturated carbocycles. The summed E-state index contributed by atoms with van der Waals surface area (Å²) in [5, 5.41) is 2.70. The van der Waals surface area contributed by atoms with E-state index in [0.717, 1.165) is 12.8 Å². The van der Waals surface area contributed by atoms with Crippen LogP contribution in [0.3, 0.4) is 0 Å². The number of rotatable bonds is 2. The first-order valence-electron chi connectivity index (χ1n) is 5.43. The molecule has 0 aromatic heterocycles. The van der Waals surface area contributed by atoms with Crippen LogP contribution < -0.4 is 5.32 Å². The first-order valence-corrected chi connectivity index (χ1v) is 5.43. The molecule has 0 aromatic rings. The molecule has 1 N–H and O–H groups in total. The van der Waals surface area contributed by atoms with Gasteiger partial charge in [0.1, 0.15) is 0 Å². The Morgan fingerprint density at radius 1 is 1.43 bits per heavy atom. The van der Waals surface area contributed by atoms with Crippen LogP contribution in [0.1, 0.15) is 33.6 Å². The fourth-order valence-electron chi connectivity index (χ4n) is 2.28. The van der Waals surface area contributed by atoms with Crippen molar-refractivity contribution in [2.75, 3.05) is 7.05 Å². The van der Waals surface area contributed by atoms with Crippen LogP contribution in [0.15, 0.2) is 0 Å². The summed E-state index contributed by atoms with van der Waals surface area (Å²) in [7, 11) is 1.69. The average molecular weight is 199 g/mol. The minimum atomic E-state index is 0.0579. The SMILES string of the molecule is CNC(=O)C(C)[C@@H]1CC[C@H](C)OC1C. The van der Waals surface area contributed by atoms with E-state index in [4.69, 9.17) is 4.74 Å². The van der Waals surface area contributed by atoms with Gasteiger partial charge in [-0.25, -0.2) is 0 Å². The van der Waals surface area contributed by atoms with E-state index < -0.39 is 0 Å². The molecule has 1 aliphatic heterocycles. The Kier molecular flexibility index (Phi) is 3.93. The molecule has 1 heterocycles. The zero-order valence-electron chi connectivity index (χ0n) is 9.54. The summed E-state index contributed by atoms with van der Waals surface area (Å²) < 4.78 is 5.73. The van der Waals surface area contributed by atoms with Crippen molar-refractivity contribution in [2.45, 2.75) is 45.8 Å². The molecule has 0 aliphatic carbocycles. The monoisotopic (exact) mass is 199 g/mol. The molecule has 2 unspecified atom stereocenters. The van der Waals surface area contributed by atoms with E-state index in [-0.39, 0.29) is 17.9 Å². The van der Waals surface area contributed by atoms with Crippen molar-refractivity contribution in [1.29, 1.82) is 0 Å². The van der Waals surface area contributed by atoms with Crippen molar-refractivity contribution in [1.82, 2.24) is 5.32 Å². The second-order valence-corrected chi connectivity index (χ2v) is 4.30. The Bertz CT molecular complexity index is 205. The molecule has 1 saturated heterocycles. The van der Waals surface area contributed by atoms with Gasteiger partial charge in [-0.3, -0.25) is 4.79 Å². The van der Waals surface area contributed by atoms with Gasteiger partial charge in [-0.05, 0) is 32.6 Å². The van der Waals surface area contributed by atoms with E-state index >= 15 is 0 Å². The number of hydrogen-bond donors (Lipinski definition) is 1. The lowest BCUT2D eigenvalue weighted by Gasteiger charge is -2.35. The predicted molar refractivity (Wildman–Crippen MR) is 56.0 cm³/mol. The van der Waals surface area contributed by atoms with Crippen molar-refractivity contribution in [2.24, 2.45) is 11.8 Å². The van der Waals surface area contributed by atoms with Crippen molar-refractivity contribution in [3.05, 3.63) is 0 Å². The van der Waals surface area contributed by atoms with Crippen LogP contribution in [-0.4, -0.2) is 25.2 Å². The molecule has 0 radical (unpaired) electrons. The Hall–Kier alpha value is -0.570. The summed E-state index contributed by atoms with van der Waals surface area (Å²) in [5.74, 6) is 0.550. The number of ether oxygens (including phenoxy) is 1. The molecule has 1 aliphatic rings. The lowest BCUT2D eigenvalue weighted by Crippen LogP contribution is -2.40. The quantitative estimate of drug-likeness (QED) is 0.733. The summed E-state index contributed by atoms with van der Waals surface area (Å²) in [6.45, 7) is 6.15. The van der Waals surface area contributed by atoms with E-state index in [9.17, 15) is 4.79 Å². The van der Waals surface area contributed by atoms with Gasteiger partial charge in [0.05, 0.1) is 12.2 Å². The molecular formula is C11H21NO2. The number of amides is 1. The summed E-state index contributed by atoms with van der Waals surface area (Å²) in [6.07, 6.45) is 2.71. The van der Waals surface area contributed by atoms with E-state index in [2.05, 4.69) is 19.2 Å². The van der Waals surface area contributed by atoms with Gasteiger partial charge in [-0.1, -0.05) is 6.92 Å². The summed E-state index contributed by atoms with van der Waals surface area (Å²) in [6, 6.07) is 0. The van der Waals surface area contributed by atoms with Crippen LogP contribution in [-0.2, 0) is 9.53 Å². The maximum absolute atomic E-state index is 11.5. The van der Waals surface area contributed by atoms with Crippen LogP contribution in [0.4, 0.5) is 0 Å². The van der Waals surface area contributed by atoms with Crippen molar-refractivity contribution >= 4 is 5.91 Å². The third-order valence-electron chi connectivity index (χ3n) is 3.26. The van der Waals surface area contributed by atoms with Gasteiger partial charge in [0.15, 0.2) is 0 Å². The third-order valence-corrected chi connectivity index (χ3v) is 3.26. The molecule has 0 aromatic carbocycles. The minimum Gasteiger partial charge on any atom is -0.375 e. The average Bonchev–Trinajstić information content (AvgIpc) is 2.15. The van der Waals surface area contributed by atoms with Gasteiger partial charge < -0.3 is 10.1 Å². The molecule has 82 valence electrons. The fraction of sp³-hybridized carbons (Fsp3) is 0.909. The first-order chi connectivity index (χ1) is 6.56. The second-order valence-electron chi connectivity index (χ2n) is 4.30. The third kappa shape index (κ3) is 2.47. The van der Waals surface area contributed by atoms with Crippen molar-refractivity contribution < 1.29 is 9.53 Å². The maximum atomic E-state index is 11.5. The predicted octanol–water partition coefficient (Wildman–Crippen LogP) is 1.57. The van der Waals surface area contributed by atoms with Crippen LogP contribution >= 0.6 is 0 Å². The van der Waals surface area contributed by atoms with Gasteiger partial charge in [0.2, 0.25) is 5.91 Å². The molecule has 14 heavy (non-hydrogen) atoms. The first kappa shape index (κ1) is 11.5. The number of carbonyl (C=O) groups excluding carboxylic acids is 1. The van der Waals surface area contributed by atoms with Gasteiger partial charge >= 0.3 is 0 Å². The molecule has 3 nitrogen and oxygen atoms in total. The zero-order chi connectivity index (χ0) is 10.7. The molecule has 1 fully saturated rings. The number of hydrogen-bond acceptors (Lipinski definition) is 2. The Labute approximate surface area is 86.2 Å². The Balaban J connectivity index is 2.55. The van der Waals surface area contributed by atoms with Gasteiger partial charge in [0.25, 0.3) is 0 Å². The molecule has 0 bridgehead atoms. The molecule has 1 amide bonds. The van der Waals surface area contributed by atoms with Crippen LogP contribution in [0.2, 0.25) is 0 Å². The number of nitrogens with one attached hydrogen (secondary N) is 1. The summed E-state index contributed by atoms with van der Waals surface area (Å²) >= 11 is 0. The highest BCUT2D eigenvalue weighted by atomic mass is 16.5. The summed E-state index contributed by atoms with van der Waals surface area (Å²) in [5.41, 5.74) is 0. The van der Waals surface area contributed by atoms with Crippen LogP contribution in [0.25, 0.3) is 0 Å². The highest BCUT2D eigenvalue weighted by molar-refractivity contribution is 5.78. The van der Waals surface area contributed by atoms with E-state index in [1.54, 1.807) is 7.05 Å². The Morgan fingerprint density at radius 3 is 2.57 bits per heavy atom. The second kappa shape index (κ2) is 4.78. The Morgan fingerprint density at radius 2 is 2.07 bits per heavy atom. The maximum Gasteiger partial charge on any atom is 0.222 e. The normalized spacial score (nSPS) is 35.0. The van der Waals surface area contributed by atoms with Crippen LogP contribution in [0.5, 0.6) is 0 Å². The van der Waals surface area contributed by atoms with E-state index in [0.29, 0.717) is 12.0 Å². The fourth-order valence-corrected chi connectivity index (χ4v) is 2.28. The topological polar surface area (TPSA) is 38.3 Å². The highest BCUT2D eigenvalue weighted by Gasteiger charge is 2.32. The van der Waals surface area contributed by atoms with Crippen molar-refractivity contribution in [3.63, 3.8) is 0 Å². The molecular weight excluding hydrogens is 178 g/mol. The van der Waals surface area contributed by atoms with Gasteiger partial charge in [-0.2, -0.15) is 0 Å². The van der Waals surface area contributed by atoms with E-state index in [1.165, 1.54) is 0 Å². The largest absolute Gasteiger partial charge is 0.375 e. The molecule has 4 atom stereocenters. The number of carbonyl (C=O) groups is 1. The van der Waals surface area contributed by atoms with Crippen LogP contribution in [0, 0.1) is 11.8 Å². The summed E-state index contributed by atoms with van der Waals surface area (Å²) in [4.78, 5) is 11.5. The van der Waals surface area contributed by atoms with Gasteiger partial charge in [0, 0.05) is 13.0 Å².